The van der Waals surface area contributed by atoms with E-state index >= 15 is 0 Å². The Morgan fingerprint density at radius 3 is 2.71 bits per heavy atom. The number of alkyl halides is 3. The summed E-state index contributed by atoms with van der Waals surface area (Å²) in [5, 5.41) is 3.64. The van der Waals surface area contributed by atoms with Crippen LogP contribution < -0.4 is 9.46 Å². The molecule has 0 aliphatic carbocycles. The van der Waals surface area contributed by atoms with Crippen LogP contribution in [-0.2, 0) is 40.5 Å². The second-order valence-corrected chi connectivity index (χ2v) is 8.10. The molecule has 1 aromatic carbocycles. The fraction of sp³-hybridized carbons (Fsp3) is 0.471. The summed E-state index contributed by atoms with van der Waals surface area (Å²) in [6.07, 6.45) is -4.28. The van der Waals surface area contributed by atoms with E-state index in [-0.39, 0.29) is 37.6 Å². The van der Waals surface area contributed by atoms with Crippen molar-refractivity contribution in [3.05, 3.63) is 47.3 Å². The van der Waals surface area contributed by atoms with Crippen LogP contribution in [0.2, 0.25) is 0 Å². The lowest BCUT2D eigenvalue weighted by Gasteiger charge is -2.15. The van der Waals surface area contributed by atoms with Gasteiger partial charge in [0.05, 0.1) is 25.5 Å². The molecule has 7 nitrogen and oxygen atoms in total. The van der Waals surface area contributed by atoms with Crippen molar-refractivity contribution in [2.24, 2.45) is 0 Å². The molecule has 1 N–H and O–H groups in total. The number of fused-ring (bicyclic) bond motifs is 1. The average Bonchev–Trinajstić information content (AvgIpc) is 3.02. The van der Waals surface area contributed by atoms with E-state index in [2.05, 4.69) is 9.82 Å². The van der Waals surface area contributed by atoms with Gasteiger partial charge in [-0.05, 0) is 12.1 Å². The molecule has 0 amide bonds. The molecule has 0 unspecified atom stereocenters. The zero-order valence-corrected chi connectivity index (χ0v) is 15.7. The third kappa shape index (κ3) is 5.24. The maximum absolute atomic E-state index is 13.1. The van der Waals surface area contributed by atoms with Gasteiger partial charge < -0.3 is 9.47 Å². The van der Waals surface area contributed by atoms with Crippen LogP contribution in [0.3, 0.4) is 0 Å². The fourth-order valence-electron chi connectivity index (χ4n) is 2.89. The molecular weight excluding hydrogens is 399 g/mol. The molecule has 0 spiro atoms. The minimum absolute atomic E-state index is 0.00279. The summed E-state index contributed by atoms with van der Waals surface area (Å²) in [7, 11) is -3.63. The Morgan fingerprint density at radius 2 is 2.00 bits per heavy atom. The molecule has 1 aromatic heterocycles. The fourth-order valence-corrected chi connectivity index (χ4v) is 3.74. The summed E-state index contributed by atoms with van der Waals surface area (Å²) >= 11 is 0. The number of nitrogens with zero attached hydrogens (tertiary/aromatic N) is 2. The van der Waals surface area contributed by atoms with Gasteiger partial charge >= 0.3 is 6.18 Å². The Hall–Kier alpha value is -2.11. The van der Waals surface area contributed by atoms with Crippen LogP contribution in [0.1, 0.15) is 17.0 Å². The van der Waals surface area contributed by atoms with Crippen LogP contribution >= 0.6 is 0 Å². The number of hydrogen-bond donors (Lipinski definition) is 1. The van der Waals surface area contributed by atoms with Crippen LogP contribution in [0.25, 0.3) is 0 Å². The minimum atomic E-state index is -4.58. The minimum Gasteiger partial charge on any atom is -0.492 e. The summed E-state index contributed by atoms with van der Waals surface area (Å²) in [5.41, 5.74) is -0.510. The van der Waals surface area contributed by atoms with Crippen LogP contribution in [0.4, 0.5) is 13.2 Å². The molecule has 0 atom stereocenters. The summed E-state index contributed by atoms with van der Waals surface area (Å²) in [6.45, 7) is 0.0501. The molecule has 0 radical (unpaired) electrons. The van der Waals surface area contributed by atoms with Gasteiger partial charge in [0.15, 0.2) is 5.69 Å². The molecule has 2 heterocycles. The van der Waals surface area contributed by atoms with Gasteiger partial charge in [-0.15, -0.1) is 0 Å². The number of nitrogens with one attached hydrogen (secondary N) is 1. The summed E-state index contributed by atoms with van der Waals surface area (Å²) in [6, 6.07) is 8.78. The Labute approximate surface area is 160 Å². The van der Waals surface area contributed by atoms with Gasteiger partial charge in [0.1, 0.15) is 12.4 Å². The van der Waals surface area contributed by atoms with Gasteiger partial charge in [-0.1, -0.05) is 18.2 Å². The average molecular weight is 419 g/mol. The van der Waals surface area contributed by atoms with Gasteiger partial charge in [0.25, 0.3) is 0 Å². The Balaban J connectivity index is 1.55. The number of para-hydroxylation sites is 1. The molecule has 2 aromatic rings. The second kappa shape index (κ2) is 8.50. The van der Waals surface area contributed by atoms with Gasteiger partial charge in [-0.2, -0.15) is 18.3 Å². The van der Waals surface area contributed by atoms with E-state index in [9.17, 15) is 21.6 Å². The third-order valence-corrected chi connectivity index (χ3v) is 5.52. The number of ether oxygens (including phenoxy) is 2. The number of sulfonamides is 1. The van der Waals surface area contributed by atoms with Crippen molar-refractivity contribution in [3.8, 4) is 5.75 Å². The van der Waals surface area contributed by atoms with Crippen molar-refractivity contribution >= 4 is 10.0 Å². The standard InChI is InChI=1S/C17H20F3N3O4S/c18-17(19,20)16-14-12-26-9-6-15(14)23(22-16)8-7-21-28(24,25)11-10-27-13-4-2-1-3-5-13/h1-5,21H,6-12H2. The molecule has 154 valence electrons. The molecular formula is C17H20F3N3O4S. The quantitative estimate of drug-likeness (QED) is 0.708. The summed E-state index contributed by atoms with van der Waals surface area (Å²) in [4.78, 5) is 0. The van der Waals surface area contributed by atoms with Crippen LogP contribution in [0.15, 0.2) is 30.3 Å². The first-order chi connectivity index (χ1) is 13.3. The van der Waals surface area contributed by atoms with Crippen molar-refractivity contribution in [3.63, 3.8) is 0 Å². The predicted octanol–water partition coefficient (Wildman–Crippen LogP) is 1.97. The summed E-state index contributed by atoms with van der Waals surface area (Å²) in [5.74, 6) is 0.295. The maximum Gasteiger partial charge on any atom is 0.435 e. The smallest absolute Gasteiger partial charge is 0.435 e. The van der Waals surface area contributed by atoms with E-state index in [0.29, 0.717) is 24.5 Å². The topological polar surface area (TPSA) is 82.5 Å². The van der Waals surface area contributed by atoms with Crippen LogP contribution in [0, 0.1) is 0 Å². The molecule has 0 saturated carbocycles. The Bertz CT molecular complexity index is 898. The van der Waals surface area contributed by atoms with Crippen molar-refractivity contribution < 1.29 is 31.1 Å². The first-order valence-electron chi connectivity index (χ1n) is 8.65. The van der Waals surface area contributed by atoms with E-state index < -0.39 is 21.9 Å². The monoisotopic (exact) mass is 419 g/mol. The highest BCUT2D eigenvalue weighted by Gasteiger charge is 2.39. The van der Waals surface area contributed by atoms with Crippen LogP contribution in [0.5, 0.6) is 5.75 Å². The molecule has 11 heteroatoms. The zero-order chi connectivity index (χ0) is 20.2. The predicted molar refractivity (Wildman–Crippen MR) is 94.3 cm³/mol. The number of hydrogen-bond acceptors (Lipinski definition) is 5. The lowest BCUT2D eigenvalue weighted by atomic mass is 10.1. The van der Waals surface area contributed by atoms with Gasteiger partial charge in [-0.3, -0.25) is 4.68 Å². The first-order valence-corrected chi connectivity index (χ1v) is 10.3. The molecule has 1 aliphatic heterocycles. The zero-order valence-electron chi connectivity index (χ0n) is 14.9. The molecule has 1 aliphatic rings. The molecule has 0 saturated heterocycles. The Morgan fingerprint density at radius 1 is 1.25 bits per heavy atom. The van der Waals surface area contributed by atoms with Crippen molar-refractivity contribution in [1.82, 2.24) is 14.5 Å². The summed E-state index contributed by atoms with van der Waals surface area (Å²) < 4.78 is 77.5. The highest BCUT2D eigenvalue weighted by molar-refractivity contribution is 7.89. The van der Waals surface area contributed by atoms with Crippen molar-refractivity contribution in [2.45, 2.75) is 25.7 Å². The van der Waals surface area contributed by atoms with Crippen molar-refractivity contribution in [2.75, 3.05) is 25.5 Å². The number of halogens is 3. The number of aromatic nitrogens is 2. The first kappa shape index (κ1) is 20.6. The highest BCUT2D eigenvalue weighted by Crippen LogP contribution is 2.34. The SMILES string of the molecule is O=S(=O)(CCOc1ccccc1)NCCn1nc(C(F)(F)F)c2c1CCOC2. The largest absolute Gasteiger partial charge is 0.492 e. The maximum atomic E-state index is 13.1. The third-order valence-electron chi connectivity index (χ3n) is 4.17. The molecule has 28 heavy (non-hydrogen) atoms. The van der Waals surface area contributed by atoms with Gasteiger partial charge in [0.2, 0.25) is 10.0 Å². The lowest BCUT2D eigenvalue weighted by Crippen LogP contribution is -2.32. The highest BCUT2D eigenvalue weighted by atomic mass is 32.2. The normalized spacial score (nSPS) is 14.7. The van der Waals surface area contributed by atoms with Gasteiger partial charge in [0, 0.05) is 24.2 Å². The molecule has 0 fully saturated rings. The van der Waals surface area contributed by atoms with Crippen LogP contribution in [-0.4, -0.2) is 43.7 Å². The number of rotatable bonds is 8. The van der Waals surface area contributed by atoms with Crippen molar-refractivity contribution in [1.29, 1.82) is 0 Å². The van der Waals surface area contributed by atoms with E-state index in [1.54, 1.807) is 24.3 Å². The Kier molecular flexibility index (Phi) is 6.26. The lowest BCUT2D eigenvalue weighted by molar-refractivity contribution is -0.142. The second-order valence-electron chi connectivity index (χ2n) is 6.17. The van der Waals surface area contributed by atoms with E-state index in [1.165, 1.54) is 4.68 Å². The van der Waals surface area contributed by atoms with E-state index in [1.807, 2.05) is 6.07 Å². The van der Waals surface area contributed by atoms with Gasteiger partial charge in [-0.25, -0.2) is 13.1 Å². The van der Waals surface area contributed by atoms with E-state index in [0.717, 1.165) is 0 Å². The van der Waals surface area contributed by atoms with E-state index in [4.69, 9.17) is 9.47 Å². The number of benzene rings is 1. The molecule has 3 rings (SSSR count). The molecule has 0 bridgehead atoms.